The van der Waals surface area contributed by atoms with Crippen molar-refractivity contribution in [3.05, 3.63) is 12.2 Å². The number of ether oxygens (including phenoxy) is 1. The quantitative estimate of drug-likeness (QED) is 0.708. The van der Waals surface area contributed by atoms with Gasteiger partial charge in [0.2, 0.25) is 0 Å². The molecule has 0 N–H and O–H groups in total. The number of nitrogens with zero attached hydrogens (tertiary/aromatic N) is 3. The van der Waals surface area contributed by atoms with Crippen molar-refractivity contribution in [2.75, 3.05) is 6.61 Å². The third-order valence-corrected chi connectivity index (χ3v) is 2.18. The van der Waals surface area contributed by atoms with E-state index >= 15 is 0 Å². The van der Waals surface area contributed by atoms with Crippen molar-refractivity contribution in [3.63, 3.8) is 0 Å². The van der Waals surface area contributed by atoms with Crippen LogP contribution in [0, 0.1) is 0 Å². The van der Waals surface area contributed by atoms with E-state index < -0.39 is 0 Å². The average molecular weight is 211 g/mol. The van der Waals surface area contributed by atoms with Gasteiger partial charge in [0.25, 0.3) is 0 Å². The molecule has 0 bridgehead atoms. The molecular weight excluding hydrogens is 194 g/mol. The molecule has 0 aliphatic rings. The number of carbonyl (C=O) groups is 1. The molecule has 84 valence electrons. The van der Waals surface area contributed by atoms with Crippen LogP contribution in [0.3, 0.4) is 0 Å². The normalized spacial score (nSPS) is 12.9. The van der Waals surface area contributed by atoms with E-state index in [0.29, 0.717) is 12.4 Å². The summed E-state index contributed by atoms with van der Waals surface area (Å²) in [4.78, 5) is 11.5. The fourth-order valence-electron chi connectivity index (χ4n) is 1.33. The summed E-state index contributed by atoms with van der Waals surface area (Å²) in [6.07, 6.45) is 1.63. The molecule has 1 aromatic heterocycles. The Balaban J connectivity index is 2.85. The van der Waals surface area contributed by atoms with Gasteiger partial charge < -0.3 is 9.30 Å². The van der Waals surface area contributed by atoms with Gasteiger partial charge in [-0.1, -0.05) is 0 Å². The topological polar surface area (TPSA) is 57.0 Å². The van der Waals surface area contributed by atoms with Crippen LogP contribution in [0.4, 0.5) is 0 Å². The molecule has 1 atom stereocenters. The van der Waals surface area contributed by atoms with Gasteiger partial charge in [-0.15, -0.1) is 10.2 Å². The van der Waals surface area contributed by atoms with Crippen LogP contribution in [0.2, 0.25) is 0 Å². The van der Waals surface area contributed by atoms with Gasteiger partial charge in [0.1, 0.15) is 18.1 Å². The smallest absolute Gasteiger partial charge is 0.316 e. The molecule has 1 unspecified atom stereocenters. The van der Waals surface area contributed by atoms with Crippen LogP contribution in [0.15, 0.2) is 6.33 Å². The first-order chi connectivity index (χ1) is 7.07. The zero-order valence-electron chi connectivity index (χ0n) is 9.60. The molecule has 0 aliphatic heterocycles. The Bertz CT molecular complexity index is 333. The average Bonchev–Trinajstić information content (AvgIpc) is 2.65. The van der Waals surface area contributed by atoms with E-state index in [9.17, 15) is 4.79 Å². The monoisotopic (exact) mass is 211 g/mol. The van der Waals surface area contributed by atoms with Gasteiger partial charge in [-0.2, -0.15) is 0 Å². The van der Waals surface area contributed by atoms with Crippen LogP contribution in [0.1, 0.15) is 45.5 Å². The summed E-state index contributed by atoms with van der Waals surface area (Å²) in [6, 6.07) is 0.242. The lowest BCUT2D eigenvalue weighted by Gasteiger charge is -2.14. The fraction of sp³-hybridized carbons (Fsp3) is 0.700. The third-order valence-electron chi connectivity index (χ3n) is 2.18. The lowest BCUT2D eigenvalue weighted by molar-refractivity contribution is -0.144. The molecule has 0 spiro atoms. The summed E-state index contributed by atoms with van der Waals surface area (Å²) in [6.45, 7) is 7.99. The number of hydrogen-bond donors (Lipinski definition) is 0. The highest BCUT2D eigenvalue weighted by atomic mass is 16.5. The molecule has 1 rings (SSSR count). The number of rotatable bonds is 4. The molecule has 5 nitrogen and oxygen atoms in total. The molecule has 1 aromatic rings. The van der Waals surface area contributed by atoms with Crippen molar-refractivity contribution in [1.29, 1.82) is 0 Å². The Morgan fingerprint density at radius 1 is 1.53 bits per heavy atom. The molecule has 0 saturated carbocycles. The van der Waals surface area contributed by atoms with Crippen LogP contribution in [0.25, 0.3) is 0 Å². The highest BCUT2D eigenvalue weighted by Crippen LogP contribution is 2.17. The van der Waals surface area contributed by atoms with Gasteiger partial charge in [0, 0.05) is 6.04 Å². The van der Waals surface area contributed by atoms with Gasteiger partial charge in [-0.25, -0.2) is 0 Å². The predicted octanol–water partition coefficient (Wildman–Crippen LogP) is 1.53. The van der Waals surface area contributed by atoms with Gasteiger partial charge in [-0.05, 0) is 27.7 Å². The van der Waals surface area contributed by atoms with Crippen LogP contribution in [0.5, 0.6) is 0 Å². The highest BCUT2D eigenvalue weighted by Gasteiger charge is 2.22. The van der Waals surface area contributed by atoms with E-state index in [2.05, 4.69) is 10.2 Å². The van der Waals surface area contributed by atoms with E-state index in [1.54, 1.807) is 20.2 Å². The first-order valence-corrected chi connectivity index (χ1v) is 5.14. The Morgan fingerprint density at radius 2 is 2.20 bits per heavy atom. The summed E-state index contributed by atoms with van der Waals surface area (Å²) in [5.74, 6) is 0.0331. The van der Waals surface area contributed by atoms with Gasteiger partial charge in [-0.3, -0.25) is 4.79 Å². The minimum atomic E-state index is -0.366. The second kappa shape index (κ2) is 4.91. The van der Waals surface area contributed by atoms with Gasteiger partial charge >= 0.3 is 5.97 Å². The molecule has 0 aromatic carbocycles. The largest absolute Gasteiger partial charge is 0.465 e. The van der Waals surface area contributed by atoms with E-state index in [4.69, 9.17) is 4.74 Å². The summed E-state index contributed by atoms with van der Waals surface area (Å²) < 4.78 is 6.82. The number of hydrogen-bond acceptors (Lipinski definition) is 4. The Labute approximate surface area is 89.5 Å². The van der Waals surface area contributed by atoms with Crippen molar-refractivity contribution >= 4 is 5.97 Å². The van der Waals surface area contributed by atoms with Crippen molar-refractivity contribution in [3.8, 4) is 0 Å². The van der Waals surface area contributed by atoms with E-state index in [1.165, 1.54) is 0 Å². The summed E-state index contributed by atoms with van der Waals surface area (Å²) in [7, 11) is 0. The second-order valence-corrected chi connectivity index (χ2v) is 3.66. The molecule has 0 amide bonds. The lowest BCUT2D eigenvalue weighted by Crippen LogP contribution is -2.18. The molecule has 5 heteroatoms. The van der Waals surface area contributed by atoms with Gasteiger partial charge in [0.05, 0.1) is 6.61 Å². The maximum absolute atomic E-state index is 11.5. The predicted molar refractivity (Wildman–Crippen MR) is 55.5 cm³/mol. The van der Waals surface area contributed by atoms with Crippen LogP contribution < -0.4 is 0 Å². The summed E-state index contributed by atoms with van der Waals surface area (Å²) in [5.41, 5.74) is 0. The molecule has 0 radical (unpaired) electrons. The molecule has 15 heavy (non-hydrogen) atoms. The Kier molecular flexibility index (Phi) is 3.82. The van der Waals surface area contributed by atoms with Crippen LogP contribution in [-0.4, -0.2) is 27.3 Å². The lowest BCUT2D eigenvalue weighted by atomic mass is 10.1. The molecule has 0 fully saturated rings. The molecule has 0 aliphatic carbocycles. The molecular formula is C10H17N3O2. The molecule has 1 heterocycles. The number of aromatic nitrogens is 3. The highest BCUT2D eigenvalue weighted by molar-refractivity contribution is 5.76. The van der Waals surface area contributed by atoms with Crippen molar-refractivity contribution in [2.45, 2.75) is 39.7 Å². The molecule has 0 saturated heterocycles. The minimum Gasteiger partial charge on any atom is -0.465 e. The van der Waals surface area contributed by atoms with E-state index in [1.807, 2.05) is 18.4 Å². The third kappa shape index (κ3) is 2.55. The van der Waals surface area contributed by atoms with Crippen molar-refractivity contribution in [2.24, 2.45) is 0 Å². The SMILES string of the molecule is CCOC(=O)C(C)c1nncn1C(C)C. The van der Waals surface area contributed by atoms with Crippen LogP contribution >= 0.6 is 0 Å². The standard InChI is InChI=1S/C10H17N3O2/c1-5-15-10(14)8(4)9-12-11-6-13(9)7(2)3/h6-8H,5H2,1-4H3. The van der Waals surface area contributed by atoms with E-state index in [-0.39, 0.29) is 17.9 Å². The van der Waals surface area contributed by atoms with Crippen molar-refractivity contribution < 1.29 is 9.53 Å². The zero-order chi connectivity index (χ0) is 11.4. The van der Waals surface area contributed by atoms with Gasteiger partial charge in [0.15, 0.2) is 0 Å². The summed E-state index contributed by atoms with van der Waals surface area (Å²) >= 11 is 0. The van der Waals surface area contributed by atoms with Crippen LogP contribution in [-0.2, 0) is 9.53 Å². The Hall–Kier alpha value is -1.39. The fourth-order valence-corrected chi connectivity index (χ4v) is 1.33. The first kappa shape index (κ1) is 11.7. The zero-order valence-corrected chi connectivity index (χ0v) is 9.60. The maximum Gasteiger partial charge on any atom is 0.316 e. The second-order valence-electron chi connectivity index (χ2n) is 3.66. The number of carbonyl (C=O) groups excluding carboxylic acids is 1. The minimum absolute atomic E-state index is 0.242. The summed E-state index contributed by atoms with van der Waals surface area (Å²) in [5, 5.41) is 7.76. The van der Waals surface area contributed by atoms with Crippen molar-refractivity contribution in [1.82, 2.24) is 14.8 Å². The van der Waals surface area contributed by atoms with E-state index in [0.717, 1.165) is 0 Å². The first-order valence-electron chi connectivity index (χ1n) is 5.14. The number of esters is 1. The maximum atomic E-state index is 11.5. The Morgan fingerprint density at radius 3 is 2.73 bits per heavy atom.